The summed E-state index contributed by atoms with van der Waals surface area (Å²) in [5, 5.41) is 9.22. The molecule has 0 spiro atoms. The smallest absolute Gasteiger partial charge is 0.252 e. The van der Waals surface area contributed by atoms with Crippen molar-refractivity contribution in [1.29, 1.82) is 0 Å². The van der Waals surface area contributed by atoms with E-state index in [2.05, 4.69) is 22.0 Å². The summed E-state index contributed by atoms with van der Waals surface area (Å²) < 4.78 is 0. The number of hydrogen-bond donors (Lipinski definition) is 3. The zero-order valence-corrected chi connectivity index (χ0v) is 15.1. The minimum atomic E-state index is -0.757. The van der Waals surface area contributed by atoms with E-state index < -0.39 is 5.54 Å². The molecule has 136 valence electrons. The Morgan fingerprint density at radius 1 is 1.16 bits per heavy atom. The van der Waals surface area contributed by atoms with Crippen LogP contribution in [0.2, 0.25) is 0 Å². The number of hydrogen-bond acceptors (Lipinski definition) is 3. The molecule has 1 aliphatic heterocycles. The van der Waals surface area contributed by atoms with Gasteiger partial charge in [0.05, 0.1) is 0 Å². The van der Waals surface area contributed by atoms with E-state index in [0.717, 1.165) is 38.8 Å². The van der Waals surface area contributed by atoms with Gasteiger partial charge in [-0.05, 0) is 55.8 Å². The molecule has 2 aliphatic rings. The maximum Gasteiger partial charge on any atom is 0.252 e. The normalized spacial score (nSPS) is 22.8. The fourth-order valence-electron chi connectivity index (χ4n) is 4.16. The van der Waals surface area contributed by atoms with Crippen LogP contribution >= 0.6 is 0 Å². The van der Waals surface area contributed by atoms with Crippen molar-refractivity contribution < 1.29 is 9.59 Å². The highest BCUT2D eigenvalue weighted by Gasteiger charge is 2.40. The molecule has 2 fully saturated rings. The summed E-state index contributed by atoms with van der Waals surface area (Å²) >= 11 is 0. The van der Waals surface area contributed by atoms with Gasteiger partial charge in [-0.15, -0.1) is 0 Å². The number of piperidine rings is 1. The second-order valence-electron chi connectivity index (χ2n) is 7.34. The maximum atomic E-state index is 12.9. The zero-order chi connectivity index (χ0) is 17.7. The molecule has 1 saturated heterocycles. The van der Waals surface area contributed by atoms with Gasteiger partial charge in [-0.25, -0.2) is 0 Å². The third kappa shape index (κ3) is 4.03. The van der Waals surface area contributed by atoms with E-state index in [9.17, 15) is 9.59 Å². The molecule has 1 heterocycles. The van der Waals surface area contributed by atoms with Crippen LogP contribution in [0.5, 0.6) is 0 Å². The predicted molar refractivity (Wildman–Crippen MR) is 98.6 cm³/mol. The Bertz CT molecular complexity index is 617. The van der Waals surface area contributed by atoms with E-state index in [1.807, 2.05) is 18.2 Å². The summed E-state index contributed by atoms with van der Waals surface area (Å²) in [6.45, 7) is 2.04. The van der Waals surface area contributed by atoms with E-state index in [0.29, 0.717) is 24.3 Å². The highest BCUT2D eigenvalue weighted by atomic mass is 16.2. The number of benzene rings is 1. The number of rotatable bonds is 4. The van der Waals surface area contributed by atoms with E-state index in [4.69, 9.17) is 0 Å². The number of likely N-dealkylation sites (N-methyl/N-ethyl adjacent to an activating group) is 1. The van der Waals surface area contributed by atoms with Crippen molar-refractivity contribution in [1.82, 2.24) is 16.0 Å². The highest BCUT2D eigenvalue weighted by molar-refractivity contribution is 5.99. The minimum absolute atomic E-state index is 0.0758. The fraction of sp³-hybridized carbons (Fsp3) is 0.600. The molecule has 1 aromatic rings. The van der Waals surface area contributed by atoms with E-state index in [1.54, 1.807) is 7.05 Å². The van der Waals surface area contributed by atoms with Crippen LogP contribution in [0.1, 0.15) is 66.8 Å². The standard InChI is InChI=1S/C20H29N3O2/c1-21-19(25)20(10-3-2-4-11-20)23-18(24)16-8-5-7-15(13-16)17-9-6-12-22-14-17/h5,7-8,13,17,22H,2-4,6,9-12,14H2,1H3,(H,21,25)(H,23,24)/t17-/m1/s1. The summed E-state index contributed by atoms with van der Waals surface area (Å²) in [6.07, 6.45) is 6.82. The van der Waals surface area contributed by atoms with Gasteiger partial charge in [-0.1, -0.05) is 31.4 Å². The van der Waals surface area contributed by atoms with Crippen LogP contribution in [0.3, 0.4) is 0 Å². The third-order valence-corrected chi connectivity index (χ3v) is 5.64. The Morgan fingerprint density at radius 2 is 1.96 bits per heavy atom. The number of nitrogens with one attached hydrogen (secondary N) is 3. The molecule has 1 saturated carbocycles. The summed E-state index contributed by atoms with van der Waals surface area (Å²) in [4.78, 5) is 25.3. The van der Waals surface area contributed by atoms with E-state index in [-0.39, 0.29) is 11.8 Å². The van der Waals surface area contributed by atoms with E-state index >= 15 is 0 Å². The van der Waals surface area contributed by atoms with Crippen molar-refractivity contribution in [2.45, 2.75) is 56.4 Å². The Labute approximate surface area is 150 Å². The molecule has 3 N–H and O–H groups in total. The quantitative estimate of drug-likeness (QED) is 0.786. The largest absolute Gasteiger partial charge is 0.357 e. The molecule has 5 heteroatoms. The lowest BCUT2D eigenvalue weighted by atomic mass is 9.80. The SMILES string of the molecule is CNC(=O)C1(NC(=O)c2cccc([C@@H]3CCCNC3)c2)CCCCC1. The predicted octanol–water partition coefficient (Wildman–Crippen LogP) is 2.33. The summed E-state index contributed by atoms with van der Waals surface area (Å²) in [5.74, 6) is 0.244. The molecule has 3 rings (SSSR count). The molecule has 5 nitrogen and oxygen atoms in total. The lowest BCUT2D eigenvalue weighted by Crippen LogP contribution is -2.59. The average molecular weight is 343 g/mol. The van der Waals surface area contributed by atoms with Gasteiger partial charge in [-0.2, -0.15) is 0 Å². The second kappa shape index (κ2) is 8.00. The Morgan fingerprint density at radius 3 is 2.64 bits per heavy atom. The van der Waals surface area contributed by atoms with Gasteiger partial charge < -0.3 is 16.0 Å². The first-order chi connectivity index (χ1) is 12.1. The monoisotopic (exact) mass is 343 g/mol. The van der Waals surface area contributed by atoms with Gasteiger partial charge in [0.1, 0.15) is 5.54 Å². The second-order valence-corrected chi connectivity index (χ2v) is 7.34. The number of carbonyl (C=O) groups excluding carboxylic acids is 2. The van der Waals surface area contributed by atoms with Gasteiger partial charge in [0.25, 0.3) is 5.91 Å². The summed E-state index contributed by atoms with van der Waals surface area (Å²) in [7, 11) is 1.64. The first-order valence-electron chi connectivity index (χ1n) is 9.50. The molecule has 0 unspecified atom stereocenters. The first kappa shape index (κ1) is 17.9. The summed E-state index contributed by atoms with van der Waals surface area (Å²) in [5.41, 5.74) is 1.10. The van der Waals surface area contributed by atoms with Crippen LogP contribution in [-0.2, 0) is 4.79 Å². The lowest BCUT2D eigenvalue weighted by Gasteiger charge is -2.36. The molecule has 0 bridgehead atoms. The average Bonchev–Trinajstić information content (AvgIpc) is 2.68. The Kier molecular flexibility index (Phi) is 5.74. The van der Waals surface area contributed by atoms with Crippen LogP contribution in [0.4, 0.5) is 0 Å². The molecule has 1 atom stereocenters. The molecule has 2 amide bonds. The van der Waals surface area contributed by atoms with Gasteiger partial charge in [0.15, 0.2) is 0 Å². The van der Waals surface area contributed by atoms with Gasteiger partial charge in [-0.3, -0.25) is 9.59 Å². The topological polar surface area (TPSA) is 70.2 Å². The van der Waals surface area contributed by atoms with Crippen molar-refractivity contribution >= 4 is 11.8 Å². The maximum absolute atomic E-state index is 12.9. The van der Waals surface area contributed by atoms with Gasteiger partial charge in [0.2, 0.25) is 5.91 Å². The van der Waals surface area contributed by atoms with Gasteiger partial charge in [0, 0.05) is 19.2 Å². The van der Waals surface area contributed by atoms with Crippen LogP contribution in [0, 0.1) is 0 Å². The minimum Gasteiger partial charge on any atom is -0.357 e. The molecular weight excluding hydrogens is 314 g/mol. The fourth-order valence-corrected chi connectivity index (χ4v) is 4.16. The third-order valence-electron chi connectivity index (χ3n) is 5.64. The highest BCUT2D eigenvalue weighted by Crippen LogP contribution is 2.29. The lowest BCUT2D eigenvalue weighted by molar-refractivity contribution is -0.128. The molecule has 0 aromatic heterocycles. The van der Waals surface area contributed by atoms with Crippen LogP contribution in [-0.4, -0.2) is 37.5 Å². The summed E-state index contributed by atoms with van der Waals surface area (Å²) in [6, 6.07) is 7.89. The molecular formula is C20H29N3O2. The van der Waals surface area contributed by atoms with Crippen LogP contribution < -0.4 is 16.0 Å². The molecule has 1 aliphatic carbocycles. The van der Waals surface area contributed by atoms with Crippen molar-refractivity contribution in [3.05, 3.63) is 35.4 Å². The van der Waals surface area contributed by atoms with Crippen molar-refractivity contribution in [2.75, 3.05) is 20.1 Å². The van der Waals surface area contributed by atoms with Crippen molar-refractivity contribution in [3.63, 3.8) is 0 Å². The van der Waals surface area contributed by atoms with Crippen LogP contribution in [0.15, 0.2) is 24.3 Å². The number of carbonyl (C=O) groups is 2. The first-order valence-corrected chi connectivity index (χ1v) is 9.50. The van der Waals surface area contributed by atoms with Gasteiger partial charge >= 0.3 is 0 Å². The van der Waals surface area contributed by atoms with E-state index in [1.165, 1.54) is 12.0 Å². The molecule has 1 aromatic carbocycles. The Balaban J connectivity index is 1.76. The Hall–Kier alpha value is -1.88. The van der Waals surface area contributed by atoms with Crippen molar-refractivity contribution in [3.8, 4) is 0 Å². The van der Waals surface area contributed by atoms with Crippen LogP contribution in [0.25, 0.3) is 0 Å². The van der Waals surface area contributed by atoms with Crippen molar-refractivity contribution in [2.24, 2.45) is 0 Å². The molecule has 0 radical (unpaired) electrons. The molecule has 25 heavy (non-hydrogen) atoms. The number of amides is 2. The zero-order valence-electron chi connectivity index (χ0n) is 15.1.